The molecule has 0 aromatic carbocycles. The van der Waals surface area contributed by atoms with E-state index in [0.717, 1.165) is 38.6 Å². The summed E-state index contributed by atoms with van der Waals surface area (Å²) in [5.41, 5.74) is 0.0575. The van der Waals surface area contributed by atoms with E-state index >= 15 is 0 Å². The third-order valence-electron chi connectivity index (χ3n) is 5.14. The average molecular weight is 281 g/mol. The Morgan fingerprint density at radius 1 is 1.45 bits per heavy atom. The van der Waals surface area contributed by atoms with Gasteiger partial charge in [-0.05, 0) is 58.2 Å². The number of carbonyl (C=O) groups is 1. The summed E-state index contributed by atoms with van der Waals surface area (Å²) in [4.78, 5) is 14.8. The Balaban J connectivity index is 1.80. The molecule has 2 unspecified atom stereocenters. The fourth-order valence-electron chi connectivity index (χ4n) is 3.19. The van der Waals surface area contributed by atoms with Crippen LogP contribution in [0.5, 0.6) is 0 Å². The molecule has 2 aliphatic rings. The zero-order chi connectivity index (χ0) is 14.8. The number of carbonyl (C=O) groups excluding carboxylic acids is 1. The number of likely N-dealkylation sites (tertiary alicyclic amines) is 1. The van der Waals surface area contributed by atoms with Crippen molar-refractivity contribution >= 4 is 5.91 Å². The van der Waals surface area contributed by atoms with Crippen LogP contribution in [0.4, 0.5) is 0 Å². The number of nitrogens with one attached hydrogen (secondary N) is 2. The van der Waals surface area contributed by atoms with Gasteiger partial charge >= 0.3 is 0 Å². The molecule has 4 nitrogen and oxygen atoms in total. The van der Waals surface area contributed by atoms with Crippen LogP contribution < -0.4 is 10.6 Å². The first-order chi connectivity index (χ1) is 9.40. The fourth-order valence-corrected chi connectivity index (χ4v) is 3.19. The summed E-state index contributed by atoms with van der Waals surface area (Å²) in [6.45, 7) is 13.9. The van der Waals surface area contributed by atoms with Crippen molar-refractivity contribution in [2.45, 2.75) is 46.1 Å². The minimum atomic E-state index is 0.0575. The zero-order valence-electron chi connectivity index (χ0n) is 13.5. The molecular formula is C16H31N3O. The smallest absolute Gasteiger partial charge is 0.223 e. The molecule has 0 aromatic heterocycles. The standard InChI is InChI=1S/C16H31N3O/c1-12-6-5-7-19(10-12)16(3,4)11-18-15(20)13(2)14-8-17-9-14/h12-14,17H,5-11H2,1-4H3,(H,18,20). The number of amides is 1. The molecule has 2 aliphatic heterocycles. The summed E-state index contributed by atoms with van der Waals surface area (Å²) in [7, 11) is 0. The first-order valence-corrected chi connectivity index (χ1v) is 8.13. The minimum Gasteiger partial charge on any atom is -0.354 e. The summed E-state index contributed by atoms with van der Waals surface area (Å²) in [5, 5.41) is 6.41. The van der Waals surface area contributed by atoms with Crippen molar-refractivity contribution in [2.24, 2.45) is 17.8 Å². The normalized spacial score (nSPS) is 26.9. The Labute approximate surface area is 123 Å². The molecule has 0 aliphatic carbocycles. The largest absolute Gasteiger partial charge is 0.354 e. The molecular weight excluding hydrogens is 250 g/mol. The van der Waals surface area contributed by atoms with E-state index in [9.17, 15) is 4.79 Å². The topological polar surface area (TPSA) is 44.4 Å². The van der Waals surface area contributed by atoms with Crippen molar-refractivity contribution < 1.29 is 4.79 Å². The third-order valence-corrected chi connectivity index (χ3v) is 5.14. The van der Waals surface area contributed by atoms with Gasteiger partial charge in [0.2, 0.25) is 5.91 Å². The molecule has 2 atom stereocenters. The SMILES string of the molecule is CC1CCCN(C(C)(C)CNC(=O)C(C)C2CNC2)C1. The second kappa shape index (κ2) is 6.44. The van der Waals surface area contributed by atoms with Crippen LogP contribution in [0, 0.1) is 17.8 Å². The molecule has 2 saturated heterocycles. The molecule has 2 N–H and O–H groups in total. The zero-order valence-corrected chi connectivity index (χ0v) is 13.5. The van der Waals surface area contributed by atoms with E-state index in [-0.39, 0.29) is 17.4 Å². The van der Waals surface area contributed by atoms with Gasteiger partial charge < -0.3 is 10.6 Å². The maximum Gasteiger partial charge on any atom is 0.223 e. The van der Waals surface area contributed by atoms with Gasteiger partial charge in [0.1, 0.15) is 0 Å². The van der Waals surface area contributed by atoms with Gasteiger partial charge in [-0.25, -0.2) is 0 Å². The van der Waals surface area contributed by atoms with Crippen LogP contribution in [0.25, 0.3) is 0 Å². The highest BCUT2D eigenvalue weighted by Crippen LogP contribution is 2.23. The van der Waals surface area contributed by atoms with Gasteiger partial charge in [0, 0.05) is 24.5 Å². The van der Waals surface area contributed by atoms with E-state index in [2.05, 4.69) is 43.2 Å². The van der Waals surface area contributed by atoms with Crippen LogP contribution in [-0.4, -0.2) is 49.1 Å². The lowest BCUT2D eigenvalue weighted by atomic mass is 9.88. The highest BCUT2D eigenvalue weighted by molar-refractivity contribution is 5.78. The molecule has 1 amide bonds. The molecule has 0 bridgehead atoms. The summed E-state index contributed by atoms with van der Waals surface area (Å²) in [6, 6.07) is 0. The summed E-state index contributed by atoms with van der Waals surface area (Å²) in [5.74, 6) is 1.65. The molecule has 4 heteroatoms. The highest BCUT2D eigenvalue weighted by Gasteiger charge is 2.33. The molecule has 20 heavy (non-hydrogen) atoms. The van der Waals surface area contributed by atoms with Gasteiger partial charge in [0.05, 0.1) is 0 Å². The van der Waals surface area contributed by atoms with Crippen molar-refractivity contribution in [1.82, 2.24) is 15.5 Å². The molecule has 0 aromatic rings. The summed E-state index contributed by atoms with van der Waals surface area (Å²) in [6.07, 6.45) is 2.62. The number of hydrogen-bond donors (Lipinski definition) is 2. The minimum absolute atomic E-state index is 0.0575. The number of piperidine rings is 1. The second-order valence-electron chi connectivity index (χ2n) is 7.43. The Bertz CT molecular complexity index is 339. The van der Waals surface area contributed by atoms with Gasteiger partial charge in [-0.1, -0.05) is 13.8 Å². The Morgan fingerprint density at radius 2 is 2.15 bits per heavy atom. The quantitative estimate of drug-likeness (QED) is 0.802. The maximum absolute atomic E-state index is 12.2. The highest BCUT2D eigenvalue weighted by atomic mass is 16.1. The number of hydrogen-bond acceptors (Lipinski definition) is 3. The van der Waals surface area contributed by atoms with Crippen molar-refractivity contribution in [2.75, 3.05) is 32.7 Å². The number of rotatable bonds is 5. The average Bonchev–Trinajstić information content (AvgIpc) is 2.34. The van der Waals surface area contributed by atoms with Crippen LogP contribution in [0.3, 0.4) is 0 Å². The van der Waals surface area contributed by atoms with E-state index in [4.69, 9.17) is 0 Å². The summed E-state index contributed by atoms with van der Waals surface area (Å²) < 4.78 is 0. The molecule has 116 valence electrons. The van der Waals surface area contributed by atoms with Crippen molar-refractivity contribution in [3.8, 4) is 0 Å². The monoisotopic (exact) mass is 281 g/mol. The van der Waals surface area contributed by atoms with Crippen LogP contribution in [0.15, 0.2) is 0 Å². The van der Waals surface area contributed by atoms with Crippen LogP contribution in [0.2, 0.25) is 0 Å². The molecule has 2 rings (SSSR count). The van der Waals surface area contributed by atoms with E-state index in [1.807, 2.05) is 0 Å². The summed E-state index contributed by atoms with van der Waals surface area (Å²) >= 11 is 0. The Hall–Kier alpha value is -0.610. The Kier molecular flexibility index (Phi) is 5.08. The third kappa shape index (κ3) is 3.73. The van der Waals surface area contributed by atoms with Gasteiger partial charge in [0.25, 0.3) is 0 Å². The second-order valence-corrected chi connectivity index (χ2v) is 7.43. The van der Waals surface area contributed by atoms with Crippen molar-refractivity contribution in [1.29, 1.82) is 0 Å². The predicted molar refractivity (Wildman–Crippen MR) is 82.6 cm³/mol. The lowest BCUT2D eigenvalue weighted by molar-refractivity contribution is -0.127. The van der Waals surface area contributed by atoms with E-state index in [1.54, 1.807) is 0 Å². The van der Waals surface area contributed by atoms with Gasteiger partial charge in [0.15, 0.2) is 0 Å². The lowest BCUT2D eigenvalue weighted by Gasteiger charge is -2.43. The lowest BCUT2D eigenvalue weighted by Crippen LogP contribution is -2.56. The first-order valence-electron chi connectivity index (χ1n) is 8.13. The van der Waals surface area contributed by atoms with E-state index in [0.29, 0.717) is 5.92 Å². The van der Waals surface area contributed by atoms with E-state index in [1.165, 1.54) is 12.8 Å². The molecule has 2 fully saturated rings. The van der Waals surface area contributed by atoms with Crippen LogP contribution >= 0.6 is 0 Å². The van der Waals surface area contributed by atoms with Crippen LogP contribution in [-0.2, 0) is 4.79 Å². The molecule has 0 radical (unpaired) electrons. The van der Waals surface area contributed by atoms with E-state index < -0.39 is 0 Å². The maximum atomic E-state index is 12.2. The fraction of sp³-hybridized carbons (Fsp3) is 0.938. The Morgan fingerprint density at radius 3 is 2.70 bits per heavy atom. The molecule has 2 heterocycles. The molecule has 0 saturated carbocycles. The van der Waals surface area contributed by atoms with Gasteiger partial charge in [-0.3, -0.25) is 9.69 Å². The number of nitrogens with zero attached hydrogens (tertiary/aromatic N) is 1. The van der Waals surface area contributed by atoms with Crippen LogP contribution in [0.1, 0.15) is 40.5 Å². The van der Waals surface area contributed by atoms with Crippen molar-refractivity contribution in [3.05, 3.63) is 0 Å². The van der Waals surface area contributed by atoms with Gasteiger partial charge in [-0.15, -0.1) is 0 Å². The molecule has 0 spiro atoms. The first kappa shape index (κ1) is 15.8. The predicted octanol–water partition coefficient (Wildman–Crippen LogP) is 1.47. The van der Waals surface area contributed by atoms with Gasteiger partial charge in [-0.2, -0.15) is 0 Å². The van der Waals surface area contributed by atoms with Crippen molar-refractivity contribution in [3.63, 3.8) is 0 Å².